The van der Waals surface area contributed by atoms with Gasteiger partial charge in [0, 0.05) is 24.7 Å². The molecule has 0 aliphatic carbocycles. The Hall–Kier alpha value is -2.04. The van der Waals surface area contributed by atoms with E-state index in [4.69, 9.17) is 5.11 Å². The molecule has 0 spiro atoms. The summed E-state index contributed by atoms with van der Waals surface area (Å²) in [4.78, 5) is 24.4. The van der Waals surface area contributed by atoms with Gasteiger partial charge in [-0.15, -0.1) is 0 Å². The largest absolute Gasteiger partial charge is 0.481 e. The highest BCUT2D eigenvalue weighted by Crippen LogP contribution is 2.13. The molecule has 5 heteroatoms. The minimum absolute atomic E-state index is 0.0878. The van der Waals surface area contributed by atoms with Gasteiger partial charge in [-0.05, 0) is 44.9 Å². The van der Waals surface area contributed by atoms with Crippen molar-refractivity contribution >= 4 is 17.7 Å². The van der Waals surface area contributed by atoms with Gasteiger partial charge in [-0.25, -0.2) is 4.79 Å². The highest BCUT2D eigenvalue weighted by Gasteiger charge is 2.14. The van der Waals surface area contributed by atoms with Gasteiger partial charge >= 0.3 is 12.0 Å². The normalized spacial score (nSPS) is 10.4. The van der Waals surface area contributed by atoms with E-state index in [0.29, 0.717) is 18.7 Å². The Morgan fingerprint density at radius 3 is 2.60 bits per heavy atom. The van der Waals surface area contributed by atoms with Crippen LogP contribution in [0.2, 0.25) is 0 Å². The molecule has 2 amide bonds. The number of hydrogen-bond donors (Lipinski definition) is 2. The van der Waals surface area contributed by atoms with Gasteiger partial charge in [-0.1, -0.05) is 12.1 Å². The predicted molar refractivity (Wildman–Crippen MR) is 78.9 cm³/mol. The van der Waals surface area contributed by atoms with Crippen LogP contribution < -0.4 is 5.32 Å². The van der Waals surface area contributed by atoms with Crippen LogP contribution in [0, 0.1) is 0 Å². The maximum atomic E-state index is 12.1. The number of aryl methyl sites for hydroxylation is 1. The number of carbonyl (C=O) groups excluding carboxylic acids is 1. The first kappa shape index (κ1) is 16.0. The Morgan fingerprint density at radius 1 is 1.35 bits per heavy atom. The molecule has 1 aromatic carbocycles. The molecule has 20 heavy (non-hydrogen) atoms. The highest BCUT2D eigenvalue weighted by molar-refractivity contribution is 5.89. The molecular formula is C15H22N2O3. The molecular weight excluding hydrogens is 256 g/mol. The Morgan fingerprint density at radius 2 is 2.05 bits per heavy atom. The van der Waals surface area contributed by atoms with E-state index in [1.54, 1.807) is 11.0 Å². The molecule has 1 aromatic rings. The molecule has 0 unspecified atom stereocenters. The van der Waals surface area contributed by atoms with Crippen molar-refractivity contribution in [1.82, 2.24) is 4.90 Å². The van der Waals surface area contributed by atoms with Crippen molar-refractivity contribution in [3.8, 4) is 0 Å². The molecule has 0 heterocycles. The molecule has 0 radical (unpaired) electrons. The van der Waals surface area contributed by atoms with Crippen LogP contribution in [0.4, 0.5) is 10.5 Å². The molecule has 0 atom stereocenters. The van der Waals surface area contributed by atoms with E-state index >= 15 is 0 Å². The van der Waals surface area contributed by atoms with Crippen molar-refractivity contribution in [3.05, 3.63) is 29.8 Å². The number of amides is 2. The van der Waals surface area contributed by atoms with Gasteiger partial charge in [0.25, 0.3) is 0 Å². The Kier molecular flexibility index (Phi) is 6.03. The van der Waals surface area contributed by atoms with Crippen LogP contribution in [0.25, 0.3) is 0 Å². The molecule has 0 fully saturated rings. The molecule has 0 saturated carbocycles. The van der Waals surface area contributed by atoms with Crippen LogP contribution in [-0.4, -0.2) is 34.6 Å². The quantitative estimate of drug-likeness (QED) is 0.840. The number of carboxylic acid groups (broad SMARTS) is 1. The van der Waals surface area contributed by atoms with Crippen molar-refractivity contribution < 1.29 is 14.7 Å². The summed E-state index contributed by atoms with van der Waals surface area (Å²) in [7, 11) is 0. The van der Waals surface area contributed by atoms with Gasteiger partial charge in [0.05, 0.1) is 0 Å². The molecule has 0 aliphatic heterocycles. The maximum Gasteiger partial charge on any atom is 0.322 e. The fourth-order valence-electron chi connectivity index (χ4n) is 1.99. The highest BCUT2D eigenvalue weighted by atomic mass is 16.4. The SMILES string of the molecule is CCN(C(=O)Nc1cccc(CCC(=O)O)c1)C(C)C. The number of nitrogens with zero attached hydrogens (tertiary/aromatic N) is 1. The lowest BCUT2D eigenvalue weighted by Crippen LogP contribution is -2.39. The van der Waals surface area contributed by atoms with Crippen LogP contribution in [0.1, 0.15) is 32.8 Å². The first-order chi connectivity index (χ1) is 9.43. The van der Waals surface area contributed by atoms with E-state index in [1.165, 1.54) is 0 Å². The number of anilines is 1. The number of carboxylic acids is 1. The second-order valence-electron chi connectivity index (χ2n) is 4.90. The second-order valence-corrected chi connectivity index (χ2v) is 4.90. The van der Waals surface area contributed by atoms with Gasteiger partial charge in [0.15, 0.2) is 0 Å². The summed E-state index contributed by atoms with van der Waals surface area (Å²) in [5, 5.41) is 11.5. The van der Waals surface area contributed by atoms with E-state index < -0.39 is 5.97 Å². The summed E-state index contributed by atoms with van der Waals surface area (Å²) in [6, 6.07) is 7.29. The molecule has 0 aromatic heterocycles. The molecule has 2 N–H and O–H groups in total. The summed E-state index contributed by atoms with van der Waals surface area (Å²) in [5.41, 5.74) is 1.59. The minimum Gasteiger partial charge on any atom is -0.481 e. The smallest absolute Gasteiger partial charge is 0.322 e. The third-order valence-electron chi connectivity index (χ3n) is 3.03. The summed E-state index contributed by atoms with van der Waals surface area (Å²) >= 11 is 0. The average molecular weight is 278 g/mol. The Bertz CT molecular complexity index is 472. The van der Waals surface area contributed by atoms with Crippen LogP contribution in [-0.2, 0) is 11.2 Å². The zero-order valence-electron chi connectivity index (χ0n) is 12.2. The molecule has 5 nitrogen and oxygen atoms in total. The summed E-state index contributed by atoms with van der Waals surface area (Å²) in [6.07, 6.45) is 0.547. The Balaban J connectivity index is 2.70. The average Bonchev–Trinajstić information content (AvgIpc) is 2.37. The van der Waals surface area contributed by atoms with Crippen molar-refractivity contribution in [2.24, 2.45) is 0 Å². The fourth-order valence-corrected chi connectivity index (χ4v) is 1.99. The van der Waals surface area contributed by atoms with Crippen molar-refractivity contribution in [2.75, 3.05) is 11.9 Å². The van der Waals surface area contributed by atoms with Crippen LogP contribution in [0.5, 0.6) is 0 Å². The van der Waals surface area contributed by atoms with Gasteiger partial charge in [0.1, 0.15) is 0 Å². The molecule has 1 rings (SSSR count). The summed E-state index contributed by atoms with van der Waals surface area (Å²) < 4.78 is 0. The lowest BCUT2D eigenvalue weighted by Gasteiger charge is -2.25. The molecule has 110 valence electrons. The number of benzene rings is 1. The maximum absolute atomic E-state index is 12.1. The first-order valence-corrected chi connectivity index (χ1v) is 6.82. The van der Waals surface area contributed by atoms with Gasteiger partial charge in [-0.2, -0.15) is 0 Å². The van der Waals surface area contributed by atoms with Crippen LogP contribution >= 0.6 is 0 Å². The fraction of sp³-hybridized carbons (Fsp3) is 0.467. The molecule has 0 saturated heterocycles. The van der Waals surface area contributed by atoms with E-state index in [-0.39, 0.29) is 18.5 Å². The topological polar surface area (TPSA) is 69.6 Å². The van der Waals surface area contributed by atoms with Crippen LogP contribution in [0.3, 0.4) is 0 Å². The third-order valence-corrected chi connectivity index (χ3v) is 3.03. The second kappa shape index (κ2) is 7.53. The van der Waals surface area contributed by atoms with E-state index in [2.05, 4.69) is 5.32 Å². The first-order valence-electron chi connectivity index (χ1n) is 6.82. The zero-order chi connectivity index (χ0) is 15.1. The van der Waals surface area contributed by atoms with Crippen molar-refractivity contribution in [1.29, 1.82) is 0 Å². The zero-order valence-corrected chi connectivity index (χ0v) is 12.2. The third kappa shape index (κ3) is 4.91. The monoisotopic (exact) mass is 278 g/mol. The molecule has 0 aliphatic rings. The number of nitrogens with one attached hydrogen (secondary N) is 1. The predicted octanol–water partition coefficient (Wildman–Crippen LogP) is 2.97. The molecule has 0 bridgehead atoms. The number of rotatable bonds is 6. The lowest BCUT2D eigenvalue weighted by molar-refractivity contribution is -0.136. The van der Waals surface area contributed by atoms with Crippen molar-refractivity contribution in [3.63, 3.8) is 0 Å². The standard InChI is InChI=1S/C15H22N2O3/c1-4-17(11(2)3)15(20)16-13-7-5-6-12(10-13)8-9-14(18)19/h5-7,10-11H,4,8-9H2,1-3H3,(H,16,20)(H,18,19). The summed E-state index contributed by atoms with van der Waals surface area (Å²) in [5.74, 6) is -0.823. The lowest BCUT2D eigenvalue weighted by atomic mass is 10.1. The Labute approximate surface area is 119 Å². The van der Waals surface area contributed by atoms with E-state index in [0.717, 1.165) is 5.56 Å². The van der Waals surface area contributed by atoms with Crippen molar-refractivity contribution in [2.45, 2.75) is 39.7 Å². The number of aliphatic carboxylic acids is 1. The summed E-state index contributed by atoms with van der Waals surface area (Å²) in [6.45, 7) is 6.50. The minimum atomic E-state index is -0.823. The van der Waals surface area contributed by atoms with Gasteiger partial charge < -0.3 is 15.3 Å². The van der Waals surface area contributed by atoms with E-state index in [9.17, 15) is 9.59 Å². The van der Waals surface area contributed by atoms with Crippen LogP contribution in [0.15, 0.2) is 24.3 Å². The number of carbonyl (C=O) groups is 2. The van der Waals surface area contributed by atoms with Gasteiger partial charge in [0.2, 0.25) is 0 Å². The number of urea groups is 1. The van der Waals surface area contributed by atoms with Gasteiger partial charge in [-0.3, -0.25) is 4.79 Å². The van der Waals surface area contributed by atoms with E-state index in [1.807, 2.05) is 39.0 Å². The number of hydrogen-bond acceptors (Lipinski definition) is 2.